The van der Waals surface area contributed by atoms with E-state index in [0.29, 0.717) is 44.7 Å². The fourth-order valence-electron chi connectivity index (χ4n) is 2.77. The lowest BCUT2D eigenvalue weighted by atomic mass is 10.1. The third kappa shape index (κ3) is 4.63. The SMILES string of the molecule is CC(=O)c1ccc(S(=O)(=O)N(CCN(C)C)C2CCOCC2)cc1. The Kier molecular flexibility index (Phi) is 6.51. The van der Waals surface area contributed by atoms with Crippen LogP contribution in [0.2, 0.25) is 0 Å². The summed E-state index contributed by atoms with van der Waals surface area (Å²) in [5, 5.41) is 0. The Morgan fingerprint density at radius 1 is 1.12 bits per heavy atom. The lowest BCUT2D eigenvalue weighted by Crippen LogP contribution is -2.46. The number of carbonyl (C=O) groups excluding carboxylic acids is 1. The normalized spacial score (nSPS) is 16.7. The first-order chi connectivity index (χ1) is 11.3. The van der Waals surface area contributed by atoms with Crippen molar-refractivity contribution < 1.29 is 17.9 Å². The molecule has 0 saturated carbocycles. The molecule has 0 radical (unpaired) electrons. The summed E-state index contributed by atoms with van der Waals surface area (Å²) in [6, 6.07) is 6.14. The van der Waals surface area contributed by atoms with Crippen LogP contribution >= 0.6 is 0 Å². The minimum Gasteiger partial charge on any atom is -0.381 e. The van der Waals surface area contributed by atoms with Crippen LogP contribution in [0.15, 0.2) is 29.2 Å². The lowest BCUT2D eigenvalue weighted by Gasteiger charge is -2.34. The number of likely N-dealkylation sites (N-methyl/N-ethyl adjacent to an activating group) is 1. The Morgan fingerprint density at radius 2 is 1.71 bits per heavy atom. The first-order valence-corrected chi connectivity index (χ1v) is 9.61. The Morgan fingerprint density at radius 3 is 2.21 bits per heavy atom. The Hall–Kier alpha value is -1.28. The molecule has 0 amide bonds. The van der Waals surface area contributed by atoms with Crippen LogP contribution in [0.5, 0.6) is 0 Å². The van der Waals surface area contributed by atoms with Gasteiger partial charge in [0.2, 0.25) is 10.0 Å². The monoisotopic (exact) mass is 354 g/mol. The van der Waals surface area contributed by atoms with E-state index in [0.717, 1.165) is 0 Å². The maximum atomic E-state index is 13.1. The number of rotatable bonds is 7. The molecule has 1 saturated heterocycles. The maximum Gasteiger partial charge on any atom is 0.243 e. The van der Waals surface area contributed by atoms with E-state index in [9.17, 15) is 13.2 Å². The maximum absolute atomic E-state index is 13.1. The van der Waals surface area contributed by atoms with Crippen molar-refractivity contribution >= 4 is 15.8 Å². The first-order valence-electron chi connectivity index (χ1n) is 8.17. The minimum absolute atomic E-state index is 0.0452. The van der Waals surface area contributed by atoms with Crippen LogP contribution in [0, 0.1) is 0 Å². The summed E-state index contributed by atoms with van der Waals surface area (Å²) < 4.78 is 33.2. The van der Waals surface area contributed by atoms with Crippen molar-refractivity contribution in [3.05, 3.63) is 29.8 Å². The van der Waals surface area contributed by atoms with Crippen molar-refractivity contribution in [1.29, 1.82) is 0 Å². The van der Waals surface area contributed by atoms with Crippen molar-refractivity contribution in [1.82, 2.24) is 9.21 Å². The van der Waals surface area contributed by atoms with Gasteiger partial charge in [0.25, 0.3) is 0 Å². The predicted octanol–water partition coefficient (Wildman–Crippen LogP) is 1.62. The van der Waals surface area contributed by atoms with Gasteiger partial charge in [0.05, 0.1) is 4.90 Å². The molecule has 24 heavy (non-hydrogen) atoms. The number of ether oxygens (including phenoxy) is 1. The van der Waals surface area contributed by atoms with E-state index < -0.39 is 10.0 Å². The number of Topliss-reactive ketones (excluding diaryl/α,β-unsaturated/α-hetero) is 1. The summed E-state index contributed by atoms with van der Waals surface area (Å²) in [6.07, 6.45) is 1.41. The molecule has 0 unspecified atom stereocenters. The van der Waals surface area contributed by atoms with E-state index in [1.807, 2.05) is 19.0 Å². The van der Waals surface area contributed by atoms with E-state index >= 15 is 0 Å². The van der Waals surface area contributed by atoms with Crippen LogP contribution in [0.1, 0.15) is 30.1 Å². The molecule has 1 fully saturated rings. The van der Waals surface area contributed by atoms with Gasteiger partial charge in [-0.2, -0.15) is 4.31 Å². The largest absolute Gasteiger partial charge is 0.381 e. The Bertz CT molecular complexity index is 650. The number of sulfonamides is 1. The van der Waals surface area contributed by atoms with Crippen LogP contribution < -0.4 is 0 Å². The summed E-state index contributed by atoms with van der Waals surface area (Å²) in [4.78, 5) is 13.6. The highest BCUT2D eigenvalue weighted by molar-refractivity contribution is 7.89. The molecule has 1 aliphatic rings. The lowest BCUT2D eigenvalue weighted by molar-refractivity contribution is 0.0573. The second-order valence-electron chi connectivity index (χ2n) is 6.34. The number of hydrogen-bond donors (Lipinski definition) is 0. The van der Waals surface area contributed by atoms with Gasteiger partial charge in [0.1, 0.15) is 0 Å². The second-order valence-corrected chi connectivity index (χ2v) is 8.23. The molecule has 1 heterocycles. The van der Waals surface area contributed by atoms with E-state index in [4.69, 9.17) is 4.74 Å². The summed E-state index contributed by atoms with van der Waals surface area (Å²) in [5.74, 6) is -0.0761. The summed E-state index contributed by atoms with van der Waals surface area (Å²) in [6.45, 7) is 3.73. The average molecular weight is 354 g/mol. The smallest absolute Gasteiger partial charge is 0.243 e. The number of nitrogens with zero attached hydrogens (tertiary/aromatic N) is 2. The van der Waals surface area contributed by atoms with Gasteiger partial charge < -0.3 is 9.64 Å². The van der Waals surface area contributed by atoms with Crippen LogP contribution in [0.3, 0.4) is 0 Å². The number of carbonyl (C=O) groups is 1. The van der Waals surface area contributed by atoms with Crippen molar-refractivity contribution in [3.8, 4) is 0 Å². The number of ketones is 1. The molecule has 0 spiro atoms. The Labute approximate surface area is 144 Å². The zero-order chi connectivity index (χ0) is 17.7. The second kappa shape index (κ2) is 8.20. The van der Waals surface area contributed by atoms with Gasteiger partial charge in [-0.05, 0) is 46.0 Å². The molecule has 0 bridgehead atoms. The molecule has 6 nitrogen and oxygen atoms in total. The van der Waals surface area contributed by atoms with Crippen molar-refractivity contribution in [3.63, 3.8) is 0 Å². The van der Waals surface area contributed by atoms with Gasteiger partial charge in [-0.1, -0.05) is 12.1 Å². The van der Waals surface area contributed by atoms with E-state index in [-0.39, 0.29) is 16.7 Å². The predicted molar refractivity (Wildman–Crippen MR) is 92.7 cm³/mol. The molecular weight excluding hydrogens is 328 g/mol. The zero-order valence-corrected chi connectivity index (χ0v) is 15.4. The van der Waals surface area contributed by atoms with E-state index in [1.165, 1.54) is 19.1 Å². The highest BCUT2D eigenvalue weighted by Crippen LogP contribution is 2.24. The van der Waals surface area contributed by atoms with Crippen LogP contribution in [0.4, 0.5) is 0 Å². The molecule has 0 aromatic heterocycles. The standard InChI is InChI=1S/C17H26N2O4S/c1-14(20)15-4-6-17(7-5-15)24(21,22)19(11-10-18(2)3)16-8-12-23-13-9-16/h4-7,16H,8-13H2,1-3H3. The van der Waals surface area contributed by atoms with Crippen LogP contribution in [-0.2, 0) is 14.8 Å². The minimum atomic E-state index is -3.60. The number of benzene rings is 1. The van der Waals surface area contributed by atoms with Crippen LogP contribution in [-0.4, -0.2) is 69.8 Å². The molecular formula is C17H26N2O4S. The van der Waals surface area contributed by atoms with Crippen molar-refractivity contribution in [2.45, 2.75) is 30.7 Å². The van der Waals surface area contributed by atoms with Gasteiger partial charge in [-0.3, -0.25) is 4.79 Å². The third-order valence-electron chi connectivity index (χ3n) is 4.23. The van der Waals surface area contributed by atoms with Gasteiger partial charge in [0.15, 0.2) is 5.78 Å². The van der Waals surface area contributed by atoms with Crippen molar-refractivity contribution in [2.75, 3.05) is 40.4 Å². The van der Waals surface area contributed by atoms with E-state index in [2.05, 4.69) is 0 Å². The fourth-order valence-corrected chi connectivity index (χ4v) is 4.44. The quantitative estimate of drug-likeness (QED) is 0.696. The third-order valence-corrected chi connectivity index (χ3v) is 6.20. The fraction of sp³-hybridized carbons (Fsp3) is 0.588. The summed E-state index contributed by atoms with van der Waals surface area (Å²) >= 11 is 0. The van der Waals surface area contributed by atoms with Gasteiger partial charge in [-0.25, -0.2) is 8.42 Å². The molecule has 0 aliphatic carbocycles. The first kappa shape index (κ1) is 19.1. The highest BCUT2D eigenvalue weighted by atomic mass is 32.2. The highest BCUT2D eigenvalue weighted by Gasteiger charge is 2.32. The molecule has 7 heteroatoms. The van der Waals surface area contributed by atoms with Crippen LogP contribution in [0.25, 0.3) is 0 Å². The van der Waals surface area contributed by atoms with Gasteiger partial charge in [0, 0.05) is 37.9 Å². The van der Waals surface area contributed by atoms with Gasteiger partial charge >= 0.3 is 0 Å². The van der Waals surface area contributed by atoms with Gasteiger partial charge in [-0.15, -0.1) is 0 Å². The topological polar surface area (TPSA) is 66.9 Å². The molecule has 0 N–H and O–H groups in total. The molecule has 2 rings (SSSR count). The Balaban J connectivity index is 2.28. The molecule has 134 valence electrons. The van der Waals surface area contributed by atoms with E-state index in [1.54, 1.807) is 16.4 Å². The summed E-state index contributed by atoms with van der Waals surface area (Å²) in [7, 11) is 0.255. The number of hydrogen-bond acceptors (Lipinski definition) is 5. The van der Waals surface area contributed by atoms with Crippen molar-refractivity contribution in [2.24, 2.45) is 0 Å². The molecule has 1 aromatic rings. The zero-order valence-electron chi connectivity index (χ0n) is 14.6. The molecule has 1 aromatic carbocycles. The molecule has 1 aliphatic heterocycles. The average Bonchev–Trinajstić information content (AvgIpc) is 2.55. The molecule has 0 atom stereocenters. The summed E-state index contributed by atoms with van der Waals surface area (Å²) in [5.41, 5.74) is 0.514.